The van der Waals surface area contributed by atoms with Crippen LogP contribution in [-0.2, 0) is 9.59 Å². The van der Waals surface area contributed by atoms with Crippen LogP contribution in [0.4, 0.5) is 5.69 Å². The van der Waals surface area contributed by atoms with Gasteiger partial charge in [-0.3, -0.25) is 14.5 Å². The SMILES string of the molecule is O=C1CC(=O)N(c2ccc3ccccc3c2)C(=S)N1. The zero-order chi connectivity index (χ0) is 13.4. The molecule has 1 aliphatic heterocycles. The lowest BCUT2D eigenvalue weighted by molar-refractivity contribution is -0.127. The Morgan fingerprint density at radius 1 is 1.05 bits per heavy atom. The van der Waals surface area contributed by atoms with E-state index in [2.05, 4.69) is 5.32 Å². The summed E-state index contributed by atoms with van der Waals surface area (Å²) in [7, 11) is 0. The fourth-order valence-electron chi connectivity index (χ4n) is 2.13. The van der Waals surface area contributed by atoms with E-state index < -0.39 is 0 Å². The molecule has 0 bridgehead atoms. The van der Waals surface area contributed by atoms with Gasteiger partial charge in [0.15, 0.2) is 5.11 Å². The maximum Gasteiger partial charge on any atom is 0.242 e. The summed E-state index contributed by atoms with van der Waals surface area (Å²) in [6, 6.07) is 13.5. The van der Waals surface area contributed by atoms with E-state index in [0.717, 1.165) is 10.8 Å². The first-order valence-electron chi connectivity index (χ1n) is 5.81. The molecule has 94 valence electrons. The summed E-state index contributed by atoms with van der Waals surface area (Å²) in [6.45, 7) is 0. The van der Waals surface area contributed by atoms with E-state index in [4.69, 9.17) is 12.2 Å². The largest absolute Gasteiger partial charge is 0.302 e. The second-order valence-corrected chi connectivity index (χ2v) is 4.68. The summed E-state index contributed by atoms with van der Waals surface area (Å²) in [5.74, 6) is -0.656. The second-order valence-electron chi connectivity index (χ2n) is 4.29. The fraction of sp³-hybridized carbons (Fsp3) is 0.0714. The lowest BCUT2D eigenvalue weighted by Gasteiger charge is -2.27. The summed E-state index contributed by atoms with van der Waals surface area (Å²) < 4.78 is 0. The summed E-state index contributed by atoms with van der Waals surface area (Å²) in [4.78, 5) is 24.5. The highest BCUT2D eigenvalue weighted by atomic mass is 32.1. The van der Waals surface area contributed by atoms with Crippen molar-refractivity contribution in [2.45, 2.75) is 6.42 Å². The first-order valence-corrected chi connectivity index (χ1v) is 6.21. The number of anilines is 1. The molecule has 4 nitrogen and oxygen atoms in total. The van der Waals surface area contributed by atoms with Crippen LogP contribution in [0.2, 0.25) is 0 Å². The topological polar surface area (TPSA) is 49.4 Å². The van der Waals surface area contributed by atoms with Gasteiger partial charge in [0.1, 0.15) is 6.42 Å². The van der Waals surface area contributed by atoms with E-state index in [-0.39, 0.29) is 23.3 Å². The standard InChI is InChI=1S/C14H10N2O2S/c17-12-8-13(18)16(14(19)15-12)11-6-5-9-3-1-2-4-10(9)7-11/h1-7H,8H2,(H,15,17,19). The van der Waals surface area contributed by atoms with Crippen molar-refractivity contribution in [3.8, 4) is 0 Å². The summed E-state index contributed by atoms with van der Waals surface area (Å²) in [6.07, 6.45) is -0.174. The van der Waals surface area contributed by atoms with Crippen LogP contribution >= 0.6 is 12.2 Å². The van der Waals surface area contributed by atoms with Gasteiger partial charge in [-0.15, -0.1) is 0 Å². The van der Waals surface area contributed by atoms with Crippen molar-refractivity contribution in [2.24, 2.45) is 0 Å². The van der Waals surface area contributed by atoms with E-state index >= 15 is 0 Å². The monoisotopic (exact) mass is 270 g/mol. The molecule has 19 heavy (non-hydrogen) atoms. The highest BCUT2D eigenvalue weighted by Gasteiger charge is 2.29. The molecule has 0 radical (unpaired) electrons. The van der Waals surface area contributed by atoms with Crippen LogP contribution in [0.1, 0.15) is 6.42 Å². The molecule has 2 amide bonds. The van der Waals surface area contributed by atoms with Gasteiger partial charge in [0, 0.05) is 0 Å². The van der Waals surface area contributed by atoms with Crippen molar-refractivity contribution in [2.75, 3.05) is 4.90 Å². The zero-order valence-electron chi connectivity index (χ0n) is 9.92. The molecule has 1 N–H and O–H groups in total. The minimum Gasteiger partial charge on any atom is -0.302 e. The Kier molecular flexibility index (Phi) is 2.76. The molecular formula is C14H10N2O2S. The Bertz CT molecular complexity index is 691. The smallest absolute Gasteiger partial charge is 0.242 e. The van der Waals surface area contributed by atoms with Crippen molar-refractivity contribution < 1.29 is 9.59 Å². The average Bonchev–Trinajstić information content (AvgIpc) is 2.37. The minimum absolute atomic E-state index is 0.136. The number of carbonyl (C=O) groups is 2. The summed E-state index contributed by atoms with van der Waals surface area (Å²) in [5, 5.41) is 4.75. The Balaban J connectivity index is 2.06. The van der Waals surface area contributed by atoms with Crippen LogP contribution in [-0.4, -0.2) is 16.9 Å². The highest BCUT2D eigenvalue weighted by molar-refractivity contribution is 7.80. The van der Waals surface area contributed by atoms with Gasteiger partial charge in [-0.05, 0) is 35.1 Å². The number of hydrogen-bond donors (Lipinski definition) is 1. The van der Waals surface area contributed by atoms with E-state index in [0.29, 0.717) is 5.69 Å². The number of hydrogen-bond acceptors (Lipinski definition) is 3. The van der Waals surface area contributed by atoms with Gasteiger partial charge < -0.3 is 5.32 Å². The Labute approximate surface area is 115 Å². The van der Waals surface area contributed by atoms with Gasteiger partial charge in [0.25, 0.3) is 0 Å². The molecule has 0 unspecified atom stereocenters. The van der Waals surface area contributed by atoms with Crippen LogP contribution in [0.5, 0.6) is 0 Å². The maximum absolute atomic E-state index is 11.9. The van der Waals surface area contributed by atoms with Crippen molar-refractivity contribution in [1.82, 2.24) is 5.32 Å². The van der Waals surface area contributed by atoms with Crippen molar-refractivity contribution >= 4 is 45.6 Å². The maximum atomic E-state index is 11.9. The molecule has 1 fully saturated rings. The Morgan fingerprint density at radius 2 is 1.79 bits per heavy atom. The molecule has 0 atom stereocenters. The molecule has 2 aromatic rings. The van der Waals surface area contributed by atoms with Crippen LogP contribution < -0.4 is 10.2 Å². The fourth-order valence-corrected chi connectivity index (χ4v) is 2.45. The van der Waals surface area contributed by atoms with Gasteiger partial charge in [0.05, 0.1) is 5.69 Å². The highest BCUT2D eigenvalue weighted by Crippen LogP contribution is 2.24. The van der Waals surface area contributed by atoms with Gasteiger partial charge in [-0.1, -0.05) is 30.3 Å². The quantitative estimate of drug-likeness (QED) is 0.636. The predicted octanol–water partition coefficient (Wildman–Crippen LogP) is 1.98. The number of thiocarbonyl (C=S) groups is 1. The number of carbonyl (C=O) groups excluding carboxylic acids is 2. The number of fused-ring (bicyclic) bond motifs is 1. The number of nitrogens with one attached hydrogen (secondary N) is 1. The Hall–Kier alpha value is -2.27. The molecule has 0 spiro atoms. The van der Waals surface area contributed by atoms with Crippen molar-refractivity contribution in [1.29, 1.82) is 0 Å². The van der Waals surface area contributed by atoms with E-state index in [9.17, 15) is 9.59 Å². The lowest BCUT2D eigenvalue weighted by Crippen LogP contribution is -2.52. The molecule has 0 saturated carbocycles. The van der Waals surface area contributed by atoms with Gasteiger partial charge in [-0.25, -0.2) is 0 Å². The molecule has 0 aliphatic carbocycles. The summed E-state index contributed by atoms with van der Waals surface area (Å²) in [5.41, 5.74) is 0.675. The normalized spacial score (nSPS) is 15.8. The molecule has 1 saturated heterocycles. The predicted molar refractivity (Wildman–Crippen MR) is 76.8 cm³/mol. The van der Waals surface area contributed by atoms with E-state index in [1.807, 2.05) is 42.5 Å². The lowest BCUT2D eigenvalue weighted by atomic mass is 10.1. The minimum atomic E-state index is -0.355. The molecule has 1 heterocycles. The van der Waals surface area contributed by atoms with Crippen LogP contribution in [0, 0.1) is 0 Å². The van der Waals surface area contributed by atoms with Crippen molar-refractivity contribution in [3.05, 3.63) is 42.5 Å². The summed E-state index contributed by atoms with van der Waals surface area (Å²) >= 11 is 5.06. The van der Waals surface area contributed by atoms with Gasteiger partial charge in [-0.2, -0.15) is 0 Å². The van der Waals surface area contributed by atoms with Gasteiger partial charge >= 0.3 is 0 Å². The van der Waals surface area contributed by atoms with E-state index in [1.54, 1.807) is 0 Å². The first kappa shape index (κ1) is 11.8. The third kappa shape index (κ3) is 2.08. The van der Waals surface area contributed by atoms with E-state index in [1.165, 1.54) is 4.90 Å². The average molecular weight is 270 g/mol. The number of benzene rings is 2. The molecular weight excluding hydrogens is 260 g/mol. The number of nitrogens with zero attached hydrogens (tertiary/aromatic N) is 1. The molecule has 1 aliphatic rings. The number of amides is 2. The molecule has 0 aromatic heterocycles. The van der Waals surface area contributed by atoms with Gasteiger partial charge in [0.2, 0.25) is 11.8 Å². The number of rotatable bonds is 1. The third-order valence-electron chi connectivity index (χ3n) is 3.00. The Morgan fingerprint density at radius 3 is 2.53 bits per heavy atom. The first-order chi connectivity index (χ1) is 9.15. The molecule has 3 rings (SSSR count). The molecule has 5 heteroatoms. The zero-order valence-corrected chi connectivity index (χ0v) is 10.7. The van der Waals surface area contributed by atoms with Crippen LogP contribution in [0.25, 0.3) is 10.8 Å². The van der Waals surface area contributed by atoms with Crippen LogP contribution in [0.15, 0.2) is 42.5 Å². The van der Waals surface area contributed by atoms with Crippen LogP contribution in [0.3, 0.4) is 0 Å². The molecule has 2 aromatic carbocycles. The second kappa shape index (κ2) is 4.44. The third-order valence-corrected chi connectivity index (χ3v) is 3.29. The van der Waals surface area contributed by atoms with Crippen molar-refractivity contribution in [3.63, 3.8) is 0 Å².